The number of hydrogen-bond donors (Lipinski definition) is 0. The van der Waals surface area contributed by atoms with Gasteiger partial charge in [0.1, 0.15) is 0 Å². The van der Waals surface area contributed by atoms with Crippen LogP contribution >= 0.6 is 0 Å². The second-order valence-corrected chi connectivity index (χ2v) is 8.66. The van der Waals surface area contributed by atoms with Crippen LogP contribution in [-0.2, 0) is 22.6 Å². The summed E-state index contributed by atoms with van der Waals surface area (Å²) in [4.78, 5) is 29.2. The van der Waals surface area contributed by atoms with E-state index in [4.69, 9.17) is 0 Å². The summed E-state index contributed by atoms with van der Waals surface area (Å²) < 4.78 is 0. The highest BCUT2D eigenvalue weighted by Gasteiger charge is 2.13. The first-order chi connectivity index (χ1) is 15.5. The van der Waals surface area contributed by atoms with Gasteiger partial charge in [0.25, 0.3) is 0 Å². The molecule has 1 aliphatic heterocycles. The molecule has 4 heteroatoms. The highest BCUT2D eigenvalue weighted by Crippen LogP contribution is 2.21. The first-order valence-corrected chi connectivity index (χ1v) is 11.3. The topological polar surface area (TPSA) is 40.6 Å². The number of carbonyl (C=O) groups is 2. The maximum Gasteiger partial charge on any atom is 0.163 e. The number of carbonyl (C=O) groups excluding carboxylic acids is 2. The third-order valence-electron chi connectivity index (χ3n) is 6.06. The van der Waals surface area contributed by atoms with E-state index in [-0.39, 0.29) is 18.0 Å². The molecule has 0 bridgehead atoms. The standard InChI is InChI=1S/C28H30N2O2/c1-29-15-17-30(18-16-29)21-24-7-5-22(6-8-24)10-13-27(31)20-28(32)14-11-23-9-12-25-3-2-4-26(25)19-23/h2-3,5-14,19H,4,15-18,20-21H2,1H3/b13-10+,14-11+. The van der Waals surface area contributed by atoms with E-state index in [1.807, 2.05) is 18.2 Å². The van der Waals surface area contributed by atoms with Gasteiger partial charge in [-0.15, -0.1) is 0 Å². The van der Waals surface area contributed by atoms with Gasteiger partial charge in [0.15, 0.2) is 11.6 Å². The van der Waals surface area contributed by atoms with Gasteiger partial charge in [-0.05, 0) is 53.4 Å². The van der Waals surface area contributed by atoms with Gasteiger partial charge in [-0.25, -0.2) is 0 Å². The average Bonchev–Trinajstić information content (AvgIpc) is 3.27. The third kappa shape index (κ3) is 6.22. The molecule has 0 atom stereocenters. The molecule has 1 saturated heterocycles. The van der Waals surface area contributed by atoms with Crippen LogP contribution in [-0.4, -0.2) is 54.6 Å². The molecule has 4 nitrogen and oxygen atoms in total. The Hall–Kier alpha value is -3.08. The van der Waals surface area contributed by atoms with Crippen LogP contribution in [0.1, 0.15) is 34.2 Å². The molecular formula is C28H30N2O2. The van der Waals surface area contributed by atoms with Gasteiger partial charge in [0.05, 0.1) is 6.42 Å². The number of rotatable bonds is 8. The Labute approximate surface area is 190 Å². The second kappa shape index (κ2) is 10.5. The number of hydrogen-bond acceptors (Lipinski definition) is 4. The number of nitrogens with zero attached hydrogens (tertiary/aromatic N) is 2. The molecule has 0 unspecified atom stereocenters. The zero-order valence-corrected chi connectivity index (χ0v) is 18.7. The molecular weight excluding hydrogens is 396 g/mol. The van der Waals surface area contributed by atoms with E-state index in [0.717, 1.165) is 50.3 Å². The summed E-state index contributed by atoms with van der Waals surface area (Å²) >= 11 is 0. The molecule has 1 aliphatic carbocycles. The Bertz CT molecular complexity index is 1060. The summed E-state index contributed by atoms with van der Waals surface area (Å²) in [5, 5.41) is 0. The van der Waals surface area contributed by atoms with E-state index in [0.29, 0.717) is 0 Å². The molecule has 1 fully saturated rings. The van der Waals surface area contributed by atoms with Gasteiger partial charge < -0.3 is 4.90 Å². The summed E-state index contributed by atoms with van der Waals surface area (Å²) in [7, 11) is 2.16. The lowest BCUT2D eigenvalue weighted by atomic mass is 10.0. The van der Waals surface area contributed by atoms with Gasteiger partial charge in [-0.1, -0.05) is 66.8 Å². The minimum atomic E-state index is -0.181. The van der Waals surface area contributed by atoms with Gasteiger partial charge in [-0.3, -0.25) is 14.5 Å². The predicted molar refractivity (Wildman–Crippen MR) is 131 cm³/mol. The smallest absolute Gasteiger partial charge is 0.163 e. The average molecular weight is 427 g/mol. The van der Waals surface area contributed by atoms with E-state index in [1.54, 1.807) is 12.2 Å². The second-order valence-electron chi connectivity index (χ2n) is 8.66. The number of ketones is 2. The fraction of sp³-hybridized carbons (Fsp3) is 0.286. The number of likely N-dealkylation sites (N-methyl/N-ethyl adjacent to an activating group) is 1. The minimum Gasteiger partial charge on any atom is -0.304 e. The van der Waals surface area contributed by atoms with Crippen LogP contribution in [0, 0.1) is 0 Å². The summed E-state index contributed by atoms with van der Waals surface area (Å²) in [5.74, 6) is -0.361. The lowest BCUT2D eigenvalue weighted by Gasteiger charge is -2.32. The number of fused-ring (bicyclic) bond motifs is 1. The van der Waals surface area contributed by atoms with Crippen LogP contribution in [0.5, 0.6) is 0 Å². The number of benzene rings is 2. The van der Waals surface area contributed by atoms with Crippen LogP contribution in [0.2, 0.25) is 0 Å². The number of piperazine rings is 1. The largest absolute Gasteiger partial charge is 0.304 e. The summed E-state index contributed by atoms with van der Waals surface area (Å²) in [6, 6.07) is 14.4. The van der Waals surface area contributed by atoms with Gasteiger partial charge in [0, 0.05) is 32.7 Å². The van der Waals surface area contributed by atoms with E-state index in [9.17, 15) is 9.59 Å². The summed E-state index contributed by atoms with van der Waals surface area (Å²) in [6.07, 6.45) is 11.6. The zero-order valence-electron chi connectivity index (χ0n) is 18.7. The Balaban J connectivity index is 1.24. The predicted octanol–water partition coefficient (Wildman–Crippen LogP) is 4.26. The molecule has 0 spiro atoms. The fourth-order valence-electron chi connectivity index (χ4n) is 4.05. The molecule has 2 aliphatic rings. The lowest BCUT2D eigenvalue weighted by molar-refractivity contribution is -0.121. The summed E-state index contributed by atoms with van der Waals surface area (Å²) in [5.41, 5.74) is 5.74. The number of allylic oxidation sites excluding steroid dienone is 3. The van der Waals surface area contributed by atoms with Crippen molar-refractivity contribution < 1.29 is 9.59 Å². The van der Waals surface area contributed by atoms with Crippen LogP contribution in [0.15, 0.2) is 60.7 Å². The van der Waals surface area contributed by atoms with Crippen molar-refractivity contribution in [3.05, 3.63) is 88.5 Å². The normalized spacial score (nSPS) is 16.8. The third-order valence-corrected chi connectivity index (χ3v) is 6.06. The minimum absolute atomic E-state index is 0.110. The van der Waals surface area contributed by atoms with Crippen molar-refractivity contribution in [3.8, 4) is 0 Å². The first kappa shape index (κ1) is 22.1. The van der Waals surface area contributed by atoms with Crippen LogP contribution in [0.25, 0.3) is 18.2 Å². The van der Waals surface area contributed by atoms with Gasteiger partial charge >= 0.3 is 0 Å². The Morgan fingerprint density at radius 3 is 2.25 bits per heavy atom. The van der Waals surface area contributed by atoms with Crippen LogP contribution in [0.3, 0.4) is 0 Å². The highest BCUT2D eigenvalue weighted by molar-refractivity contribution is 6.10. The molecule has 0 amide bonds. The van der Waals surface area contributed by atoms with Crippen molar-refractivity contribution in [2.75, 3.05) is 33.2 Å². The first-order valence-electron chi connectivity index (χ1n) is 11.3. The molecule has 2 aromatic carbocycles. The van der Waals surface area contributed by atoms with E-state index >= 15 is 0 Å². The van der Waals surface area contributed by atoms with Crippen molar-refractivity contribution in [2.45, 2.75) is 19.4 Å². The van der Waals surface area contributed by atoms with E-state index in [1.165, 1.54) is 28.8 Å². The molecule has 0 saturated carbocycles. The monoisotopic (exact) mass is 426 g/mol. The molecule has 0 aromatic heterocycles. The Morgan fingerprint density at radius 1 is 0.875 bits per heavy atom. The molecule has 0 N–H and O–H groups in total. The summed E-state index contributed by atoms with van der Waals surface area (Å²) in [6.45, 7) is 5.37. The van der Waals surface area contributed by atoms with E-state index in [2.05, 4.69) is 53.3 Å². The molecule has 32 heavy (non-hydrogen) atoms. The molecule has 164 valence electrons. The lowest BCUT2D eigenvalue weighted by Crippen LogP contribution is -2.43. The molecule has 1 heterocycles. The highest BCUT2D eigenvalue weighted by atomic mass is 16.1. The van der Waals surface area contributed by atoms with Gasteiger partial charge in [-0.2, -0.15) is 0 Å². The maximum absolute atomic E-state index is 12.2. The van der Waals surface area contributed by atoms with Crippen molar-refractivity contribution >= 4 is 29.8 Å². The Morgan fingerprint density at radius 2 is 1.53 bits per heavy atom. The van der Waals surface area contributed by atoms with Crippen molar-refractivity contribution in [1.82, 2.24) is 9.80 Å². The van der Waals surface area contributed by atoms with Crippen molar-refractivity contribution in [2.24, 2.45) is 0 Å². The molecule has 2 aromatic rings. The van der Waals surface area contributed by atoms with E-state index < -0.39 is 0 Å². The fourth-order valence-corrected chi connectivity index (χ4v) is 4.05. The zero-order chi connectivity index (χ0) is 22.3. The van der Waals surface area contributed by atoms with Crippen molar-refractivity contribution in [3.63, 3.8) is 0 Å². The maximum atomic E-state index is 12.2. The Kier molecular flexibility index (Phi) is 7.25. The molecule has 0 radical (unpaired) electrons. The molecule has 4 rings (SSSR count). The van der Waals surface area contributed by atoms with Gasteiger partial charge in [0.2, 0.25) is 0 Å². The van der Waals surface area contributed by atoms with Crippen LogP contribution < -0.4 is 0 Å². The van der Waals surface area contributed by atoms with Crippen LogP contribution in [0.4, 0.5) is 0 Å². The van der Waals surface area contributed by atoms with Crippen molar-refractivity contribution in [1.29, 1.82) is 0 Å². The SMILES string of the molecule is CN1CCN(Cc2ccc(/C=C/C(=O)CC(=O)/C=C/c3ccc4c(c3)CC=C4)cc2)CC1. The quantitative estimate of drug-likeness (QED) is 0.467.